The van der Waals surface area contributed by atoms with Crippen LogP contribution in [0.2, 0.25) is 0 Å². The fourth-order valence-corrected chi connectivity index (χ4v) is 2.08. The second-order valence-electron chi connectivity index (χ2n) is 4.32. The Kier molecular flexibility index (Phi) is 5.94. The monoisotopic (exact) mass is 303 g/mol. The zero-order chi connectivity index (χ0) is 15.3. The molecule has 1 aromatic carbocycles. The number of hydrogen-bond acceptors (Lipinski definition) is 3. The number of carbonyl (C=O) groups is 2. The lowest BCUT2D eigenvalue weighted by atomic mass is 10.1. The second kappa shape index (κ2) is 7.23. The van der Waals surface area contributed by atoms with Gasteiger partial charge in [-0.2, -0.15) is 8.78 Å². The van der Waals surface area contributed by atoms with Crippen molar-refractivity contribution in [3.63, 3.8) is 0 Å². The van der Waals surface area contributed by atoms with Gasteiger partial charge in [0.15, 0.2) is 0 Å². The summed E-state index contributed by atoms with van der Waals surface area (Å²) in [4.78, 5) is 24.5. The van der Waals surface area contributed by atoms with Crippen LogP contribution in [0.3, 0.4) is 0 Å². The summed E-state index contributed by atoms with van der Waals surface area (Å²) < 4.78 is 24.4. The molecule has 0 radical (unpaired) electrons. The minimum atomic E-state index is -2.52. The first-order chi connectivity index (χ1) is 9.31. The van der Waals surface area contributed by atoms with Crippen LogP contribution in [0.1, 0.15) is 24.2 Å². The van der Waals surface area contributed by atoms with Gasteiger partial charge in [0, 0.05) is 16.5 Å². The molecule has 0 aliphatic rings. The quantitative estimate of drug-likeness (QED) is 0.821. The van der Waals surface area contributed by atoms with Crippen LogP contribution in [0.25, 0.3) is 0 Å². The van der Waals surface area contributed by atoms with E-state index in [-0.39, 0.29) is 11.6 Å². The fraction of sp³-hybridized carbons (Fsp3) is 0.385. The summed E-state index contributed by atoms with van der Waals surface area (Å²) in [6, 6.07) is 5.41. The average Bonchev–Trinajstić information content (AvgIpc) is 2.35. The topological polar surface area (TPSA) is 57.6 Å². The fourth-order valence-electron chi connectivity index (χ4n) is 1.58. The molecule has 0 aliphatic carbocycles. The first-order valence-corrected chi connectivity index (χ1v) is 6.77. The number of thioether (sulfide) groups is 1. The Labute approximate surface area is 119 Å². The molecule has 0 aromatic heterocycles. The van der Waals surface area contributed by atoms with Crippen molar-refractivity contribution in [3.8, 4) is 0 Å². The lowest BCUT2D eigenvalue weighted by molar-refractivity contribution is -0.138. The van der Waals surface area contributed by atoms with E-state index < -0.39 is 24.2 Å². The largest absolute Gasteiger partial charge is 0.480 e. The molecule has 0 heterocycles. The van der Waals surface area contributed by atoms with Crippen molar-refractivity contribution in [2.24, 2.45) is 0 Å². The predicted molar refractivity (Wildman–Crippen MR) is 72.1 cm³/mol. The highest BCUT2D eigenvalue weighted by atomic mass is 32.2. The molecule has 0 atom stereocenters. The summed E-state index contributed by atoms with van der Waals surface area (Å²) in [5, 5.41) is 8.79. The second-order valence-corrected chi connectivity index (χ2v) is 5.39. The minimum absolute atomic E-state index is 0.270. The third kappa shape index (κ3) is 4.80. The molecular weight excluding hydrogens is 288 g/mol. The third-order valence-electron chi connectivity index (χ3n) is 2.52. The van der Waals surface area contributed by atoms with Gasteiger partial charge in [0.2, 0.25) is 0 Å². The maximum absolute atomic E-state index is 12.2. The van der Waals surface area contributed by atoms with Crippen molar-refractivity contribution < 1.29 is 23.5 Å². The van der Waals surface area contributed by atoms with Crippen molar-refractivity contribution in [2.45, 2.75) is 30.5 Å². The van der Waals surface area contributed by atoms with Gasteiger partial charge in [-0.3, -0.25) is 9.59 Å². The molecule has 1 rings (SSSR count). The summed E-state index contributed by atoms with van der Waals surface area (Å²) in [6.07, 6.45) is 0. The number of amides is 1. The van der Waals surface area contributed by atoms with Crippen LogP contribution in [-0.2, 0) is 4.79 Å². The Morgan fingerprint density at radius 1 is 1.25 bits per heavy atom. The van der Waals surface area contributed by atoms with E-state index in [9.17, 15) is 18.4 Å². The Morgan fingerprint density at radius 3 is 2.20 bits per heavy atom. The van der Waals surface area contributed by atoms with Crippen molar-refractivity contribution in [2.75, 3.05) is 6.54 Å². The lowest BCUT2D eigenvalue weighted by Gasteiger charge is -2.25. The summed E-state index contributed by atoms with van der Waals surface area (Å²) >= 11 is 0.392. The zero-order valence-electron chi connectivity index (χ0n) is 11.0. The molecule has 7 heteroatoms. The molecule has 0 bridgehead atoms. The van der Waals surface area contributed by atoms with E-state index in [1.54, 1.807) is 13.8 Å². The number of carboxylic acids is 1. The van der Waals surface area contributed by atoms with E-state index in [1.165, 1.54) is 29.2 Å². The van der Waals surface area contributed by atoms with Gasteiger partial charge < -0.3 is 10.0 Å². The van der Waals surface area contributed by atoms with Crippen molar-refractivity contribution in [3.05, 3.63) is 29.8 Å². The van der Waals surface area contributed by atoms with Gasteiger partial charge in [0.25, 0.3) is 11.7 Å². The average molecular weight is 303 g/mol. The van der Waals surface area contributed by atoms with E-state index in [4.69, 9.17) is 5.11 Å². The molecular formula is C13H15F2NO3S. The summed E-state index contributed by atoms with van der Waals surface area (Å²) in [6.45, 7) is 3.02. The Morgan fingerprint density at radius 2 is 1.80 bits per heavy atom. The van der Waals surface area contributed by atoms with Crippen LogP contribution in [0.4, 0.5) is 8.78 Å². The smallest absolute Gasteiger partial charge is 0.323 e. The molecule has 20 heavy (non-hydrogen) atoms. The molecule has 0 unspecified atom stereocenters. The molecule has 0 fully saturated rings. The maximum atomic E-state index is 12.2. The summed E-state index contributed by atoms with van der Waals surface area (Å²) in [5.74, 6) is -4.05. The van der Waals surface area contributed by atoms with E-state index >= 15 is 0 Å². The van der Waals surface area contributed by atoms with E-state index in [1.807, 2.05) is 0 Å². The van der Waals surface area contributed by atoms with Crippen LogP contribution in [0.15, 0.2) is 29.2 Å². The van der Waals surface area contributed by atoms with E-state index in [0.717, 1.165) is 0 Å². The predicted octanol–water partition coefficient (Wildman–Crippen LogP) is 2.94. The number of carbonyl (C=O) groups excluding carboxylic acids is 1. The normalized spacial score (nSPS) is 10.9. The molecule has 1 aromatic rings. The molecule has 0 aliphatic heterocycles. The van der Waals surface area contributed by atoms with E-state index in [0.29, 0.717) is 16.7 Å². The Balaban J connectivity index is 2.86. The molecule has 4 nitrogen and oxygen atoms in total. The Bertz CT molecular complexity index is 477. The van der Waals surface area contributed by atoms with Gasteiger partial charge in [-0.1, -0.05) is 11.8 Å². The highest BCUT2D eigenvalue weighted by Crippen LogP contribution is 2.25. The van der Waals surface area contributed by atoms with Crippen molar-refractivity contribution in [1.82, 2.24) is 4.90 Å². The maximum Gasteiger partial charge on any atom is 0.323 e. The van der Waals surface area contributed by atoms with Crippen LogP contribution < -0.4 is 0 Å². The standard InChI is InChI=1S/C13H15F2NO3S/c1-8(2)16(7-11(17)18)12(19)9-3-5-10(6-4-9)20-13(14)15/h3-6,8,13H,7H2,1-2H3,(H,17,18). The van der Waals surface area contributed by atoms with Gasteiger partial charge in [0.05, 0.1) is 0 Å². The molecule has 110 valence electrons. The number of halogens is 2. The molecule has 0 spiro atoms. The number of benzene rings is 1. The number of rotatable bonds is 6. The summed E-state index contributed by atoms with van der Waals surface area (Å²) in [7, 11) is 0. The summed E-state index contributed by atoms with van der Waals surface area (Å²) in [5.41, 5.74) is 0.276. The van der Waals surface area contributed by atoms with E-state index in [2.05, 4.69) is 0 Å². The van der Waals surface area contributed by atoms with Gasteiger partial charge in [-0.15, -0.1) is 0 Å². The first kappa shape index (κ1) is 16.4. The third-order valence-corrected chi connectivity index (χ3v) is 3.24. The van der Waals surface area contributed by atoms with Gasteiger partial charge in [-0.25, -0.2) is 0 Å². The SMILES string of the molecule is CC(C)N(CC(=O)O)C(=O)c1ccc(SC(F)F)cc1. The van der Waals surface area contributed by atoms with Crippen LogP contribution in [-0.4, -0.2) is 40.2 Å². The van der Waals surface area contributed by atoms with Crippen LogP contribution in [0, 0.1) is 0 Å². The van der Waals surface area contributed by atoms with Gasteiger partial charge in [0.1, 0.15) is 6.54 Å². The molecule has 1 N–H and O–H groups in total. The van der Waals surface area contributed by atoms with Crippen molar-refractivity contribution in [1.29, 1.82) is 0 Å². The lowest BCUT2D eigenvalue weighted by Crippen LogP contribution is -2.40. The minimum Gasteiger partial charge on any atom is -0.480 e. The number of alkyl halides is 2. The van der Waals surface area contributed by atoms with Gasteiger partial charge >= 0.3 is 5.97 Å². The van der Waals surface area contributed by atoms with Crippen molar-refractivity contribution >= 4 is 23.6 Å². The van der Waals surface area contributed by atoms with Crippen LogP contribution in [0.5, 0.6) is 0 Å². The molecule has 0 saturated carbocycles. The molecule has 1 amide bonds. The van der Waals surface area contributed by atoms with Crippen LogP contribution >= 0.6 is 11.8 Å². The first-order valence-electron chi connectivity index (χ1n) is 5.89. The number of hydrogen-bond donors (Lipinski definition) is 1. The highest BCUT2D eigenvalue weighted by molar-refractivity contribution is 7.99. The number of nitrogens with zero attached hydrogens (tertiary/aromatic N) is 1. The number of aliphatic carboxylic acids is 1. The van der Waals surface area contributed by atoms with Gasteiger partial charge in [-0.05, 0) is 38.1 Å². The number of carboxylic acid groups (broad SMARTS) is 1. The highest BCUT2D eigenvalue weighted by Gasteiger charge is 2.21. The zero-order valence-corrected chi connectivity index (χ0v) is 11.9. The Hall–Kier alpha value is -1.63. The molecule has 0 saturated heterocycles.